The first-order valence-corrected chi connectivity index (χ1v) is 9.69. The maximum atomic E-state index is 12.8. The summed E-state index contributed by atoms with van der Waals surface area (Å²) in [5.41, 5.74) is 2.10. The van der Waals surface area contributed by atoms with Crippen molar-refractivity contribution in [2.24, 2.45) is 0 Å². The van der Waals surface area contributed by atoms with Gasteiger partial charge in [0, 0.05) is 51.8 Å². The zero-order valence-electron chi connectivity index (χ0n) is 15.8. The van der Waals surface area contributed by atoms with Crippen molar-refractivity contribution in [3.8, 4) is 0 Å². The molecule has 0 N–H and O–H groups in total. The predicted molar refractivity (Wildman–Crippen MR) is 101 cm³/mol. The van der Waals surface area contributed by atoms with E-state index in [1.165, 1.54) is 5.69 Å². The molecule has 1 fully saturated rings. The van der Waals surface area contributed by atoms with Gasteiger partial charge in [-0.1, -0.05) is 6.07 Å². The molecule has 0 radical (unpaired) electrons. The van der Waals surface area contributed by atoms with Crippen molar-refractivity contribution in [2.75, 3.05) is 26.8 Å². The number of amides is 1. The van der Waals surface area contributed by atoms with Gasteiger partial charge < -0.3 is 9.64 Å². The molecule has 2 aromatic heterocycles. The van der Waals surface area contributed by atoms with Crippen LogP contribution in [0.3, 0.4) is 0 Å². The topological polar surface area (TPSA) is 63.5 Å². The predicted octanol–water partition coefficient (Wildman–Crippen LogP) is 1.86. The molecule has 27 heavy (non-hydrogen) atoms. The minimum absolute atomic E-state index is 0.0743. The molecule has 2 aliphatic heterocycles. The summed E-state index contributed by atoms with van der Waals surface area (Å²) in [7, 11) is 1.85. The third-order valence-electron chi connectivity index (χ3n) is 5.58. The molecule has 0 unspecified atom stereocenters. The Morgan fingerprint density at radius 2 is 2.11 bits per heavy atom. The average molecular weight is 369 g/mol. The van der Waals surface area contributed by atoms with Crippen molar-refractivity contribution in [1.82, 2.24) is 24.6 Å². The lowest BCUT2D eigenvalue weighted by atomic mass is 10.0. The quantitative estimate of drug-likeness (QED) is 0.805. The number of carbonyl (C=O) groups is 1. The smallest absolute Gasteiger partial charge is 0.224 e. The maximum absolute atomic E-state index is 12.8. The van der Waals surface area contributed by atoms with Crippen molar-refractivity contribution < 1.29 is 9.53 Å². The van der Waals surface area contributed by atoms with Gasteiger partial charge in [0.25, 0.3) is 0 Å². The summed E-state index contributed by atoms with van der Waals surface area (Å²) in [4.78, 5) is 21.4. The molecule has 2 aromatic rings. The van der Waals surface area contributed by atoms with Gasteiger partial charge >= 0.3 is 0 Å². The number of fused-ring (bicyclic) bond motifs is 1. The molecule has 7 heteroatoms. The fourth-order valence-electron chi connectivity index (χ4n) is 4.08. The Hall–Kier alpha value is -2.25. The van der Waals surface area contributed by atoms with Crippen molar-refractivity contribution >= 4 is 5.91 Å². The first-order valence-electron chi connectivity index (χ1n) is 9.69. The lowest BCUT2D eigenvalue weighted by Crippen LogP contribution is -2.46. The van der Waals surface area contributed by atoms with Crippen LogP contribution in [0, 0.1) is 0 Å². The fraction of sp³-hybridized carbons (Fsp3) is 0.550. The molecule has 4 rings (SSSR count). The summed E-state index contributed by atoms with van der Waals surface area (Å²) in [6.45, 7) is 3.96. The Bertz CT molecular complexity index is 757. The van der Waals surface area contributed by atoms with E-state index in [0.29, 0.717) is 19.0 Å². The summed E-state index contributed by atoms with van der Waals surface area (Å²) in [5, 5.41) is 4.50. The summed E-state index contributed by atoms with van der Waals surface area (Å²) in [6, 6.07) is 8.46. The van der Waals surface area contributed by atoms with Crippen LogP contribution < -0.4 is 0 Å². The highest BCUT2D eigenvalue weighted by Crippen LogP contribution is 2.28. The van der Waals surface area contributed by atoms with Gasteiger partial charge in [0.1, 0.15) is 0 Å². The minimum Gasteiger partial charge on any atom is -0.381 e. The van der Waals surface area contributed by atoms with Crippen molar-refractivity contribution in [3.63, 3.8) is 0 Å². The van der Waals surface area contributed by atoms with E-state index in [1.54, 1.807) is 11.1 Å². The Labute approximate surface area is 159 Å². The minimum atomic E-state index is 0.0743. The maximum Gasteiger partial charge on any atom is 0.224 e. The van der Waals surface area contributed by atoms with Gasteiger partial charge in [0.2, 0.25) is 5.91 Å². The SMILES string of the molecule is CN(Cc1ccccn1)C(=O)C[C@@H]1CN(C2CCOCC2)Cc2ccnn21. The first kappa shape index (κ1) is 18.1. The second-order valence-electron chi connectivity index (χ2n) is 7.47. The molecule has 1 atom stereocenters. The number of rotatable bonds is 5. The number of nitrogens with zero attached hydrogens (tertiary/aromatic N) is 5. The van der Waals surface area contributed by atoms with Crippen molar-refractivity contribution in [1.29, 1.82) is 0 Å². The molecule has 0 saturated carbocycles. The standard InChI is InChI=1S/C20H27N5O2/c1-23(13-16-4-2-3-8-21-16)20(26)12-19-15-24(17-6-10-27-11-7-17)14-18-5-9-22-25(18)19/h2-5,8-9,17,19H,6-7,10-15H2,1H3/t19-/m1/s1. The van der Waals surface area contributed by atoms with E-state index < -0.39 is 0 Å². The van der Waals surface area contributed by atoms with E-state index in [-0.39, 0.29) is 11.9 Å². The molecule has 2 aliphatic rings. The largest absolute Gasteiger partial charge is 0.381 e. The van der Waals surface area contributed by atoms with E-state index >= 15 is 0 Å². The van der Waals surface area contributed by atoms with Gasteiger partial charge in [-0.25, -0.2) is 0 Å². The summed E-state index contributed by atoms with van der Waals surface area (Å²) in [5.74, 6) is 0.126. The van der Waals surface area contributed by atoms with Crippen LogP contribution >= 0.6 is 0 Å². The van der Waals surface area contributed by atoms with E-state index in [9.17, 15) is 4.79 Å². The van der Waals surface area contributed by atoms with Gasteiger partial charge in [-0.05, 0) is 31.0 Å². The van der Waals surface area contributed by atoms with E-state index in [2.05, 4.69) is 21.0 Å². The molecule has 1 amide bonds. The van der Waals surface area contributed by atoms with Gasteiger partial charge in [0.15, 0.2) is 0 Å². The van der Waals surface area contributed by atoms with Crippen molar-refractivity contribution in [2.45, 2.75) is 44.4 Å². The lowest BCUT2D eigenvalue weighted by Gasteiger charge is -2.40. The molecule has 144 valence electrons. The zero-order valence-corrected chi connectivity index (χ0v) is 15.8. The van der Waals surface area contributed by atoms with Crippen LogP contribution in [0.2, 0.25) is 0 Å². The third kappa shape index (κ3) is 4.20. The van der Waals surface area contributed by atoms with Gasteiger partial charge in [-0.2, -0.15) is 5.10 Å². The Kier molecular flexibility index (Phi) is 5.50. The summed E-state index contributed by atoms with van der Waals surface area (Å²) < 4.78 is 7.56. The summed E-state index contributed by atoms with van der Waals surface area (Å²) >= 11 is 0. The van der Waals surface area contributed by atoms with Crippen LogP contribution in [0.25, 0.3) is 0 Å². The van der Waals surface area contributed by atoms with Crippen LogP contribution in [0.5, 0.6) is 0 Å². The van der Waals surface area contributed by atoms with Crippen LogP contribution in [0.15, 0.2) is 36.7 Å². The zero-order chi connectivity index (χ0) is 18.6. The highest BCUT2D eigenvalue weighted by molar-refractivity contribution is 5.76. The first-order chi connectivity index (χ1) is 13.2. The number of pyridine rings is 1. The number of hydrogen-bond acceptors (Lipinski definition) is 5. The Morgan fingerprint density at radius 3 is 2.89 bits per heavy atom. The Balaban J connectivity index is 1.43. The van der Waals surface area contributed by atoms with E-state index in [4.69, 9.17) is 4.74 Å². The van der Waals surface area contributed by atoms with E-state index in [0.717, 1.165) is 44.8 Å². The molecular formula is C20H27N5O2. The van der Waals surface area contributed by atoms with Crippen molar-refractivity contribution in [3.05, 3.63) is 48.0 Å². The molecule has 0 spiro atoms. The second kappa shape index (κ2) is 8.19. The molecule has 7 nitrogen and oxygen atoms in total. The fourth-order valence-corrected chi connectivity index (χ4v) is 4.08. The van der Waals surface area contributed by atoms with Crippen LogP contribution in [-0.2, 0) is 22.6 Å². The molecular weight excluding hydrogens is 342 g/mol. The van der Waals surface area contributed by atoms with Crippen LogP contribution in [0.4, 0.5) is 0 Å². The summed E-state index contributed by atoms with van der Waals surface area (Å²) in [6.07, 6.45) is 6.19. The average Bonchev–Trinajstić information content (AvgIpc) is 3.18. The normalized spacial score (nSPS) is 21.0. The lowest BCUT2D eigenvalue weighted by molar-refractivity contribution is -0.131. The highest BCUT2D eigenvalue weighted by Gasteiger charge is 2.32. The van der Waals surface area contributed by atoms with Gasteiger partial charge in [-0.15, -0.1) is 0 Å². The second-order valence-corrected chi connectivity index (χ2v) is 7.47. The molecule has 0 bridgehead atoms. The number of carbonyl (C=O) groups excluding carboxylic acids is 1. The van der Waals surface area contributed by atoms with Crippen LogP contribution in [-0.4, -0.2) is 63.3 Å². The number of aromatic nitrogens is 3. The van der Waals surface area contributed by atoms with Gasteiger partial charge in [0.05, 0.1) is 30.4 Å². The molecule has 0 aromatic carbocycles. The molecule has 4 heterocycles. The van der Waals surface area contributed by atoms with Crippen LogP contribution in [0.1, 0.15) is 36.7 Å². The molecule has 1 saturated heterocycles. The Morgan fingerprint density at radius 1 is 1.26 bits per heavy atom. The number of hydrogen-bond donors (Lipinski definition) is 0. The van der Waals surface area contributed by atoms with Gasteiger partial charge in [-0.3, -0.25) is 19.4 Å². The van der Waals surface area contributed by atoms with E-state index in [1.807, 2.05) is 36.1 Å². The molecule has 0 aliphatic carbocycles. The highest BCUT2D eigenvalue weighted by atomic mass is 16.5. The third-order valence-corrected chi connectivity index (χ3v) is 5.58. The number of ether oxygens (including phenoxy) is 1. The monoisotopic (exact) mass is 369 g/mol.